The minimum absolute atomic E-state index is 0.0360. The van der Waals surface area contributed by atoms with Gasteiger partial charge in [0.25, 0.3) is 11.7 Å². The third-order valence-corrected chi connectivity index (χ3v) is 7.25. The smallest absolute Gasteiger partial charge is 0.295 e. The van der Waals surface area contributed by atoms with Gasteiger partial charge in [-0.3, -0.25) is 9.59 Å². The first-order valence-electron chi connectivity index (χ1n) is 9.65. The third kappa shape index (κ3) is 4.42. The fourth-order valence-electron chi connectivity index (χ4n) is 3.44. The number of methoxy groups -OCH3 is 1. The molecule has 2 aromatic rings. The van der Waals surface area contributed by atoms with E-state index in [1.54, 1.807) is 24.3 Å². The molecule has 1 heterocycles. The highest BCUT2D eigenvalue weighted by molar-refractivity contribution is 7.89. The number of Topliss-reactive ketones (excluding diaryl/α,β-unsaturated/α-hetero) is 1. The second-order valence-corrected chi connectivity index (χ2v) is 9.94. The summed E-state index contributed by atoms with van der Waals surface area (Å²) in [7, 11) is 0.656. The Hall–Kier alpha value is -2.72. The number of aliphatic hydroxyl groups excluding tert-OH is 1. The minimum atomic E-state index is -3.65. The van der Waals surface area contributed by atoms with Crippen molar-refractivity contribution >= 4 is 39.1 Å². The first kappa shape index (κ1) is 23.9. The standard InChI is InChI=1S/C22H23ClN2O6S/c1-24(2)32(29,30)17-10-6-15(7-11-17)20(26)18-19(14-4-8-16(23)9-5-14)25(12-13-31-3)22(28)21(18)27/h4-11,19,26H,12-13H2,1-3H3/b20-18-. The molecule has 1 unspecified atom stereocenters. The van der Waals surface area contributed by atoms with Gasteiger partial charge >= 0.3 is 0 Å². The number of hydrogen-bond donors (Lipinski definition) is 1. The van der Waals surface area contributed by atoms with Crippen LogP contribution in [0.3, 0.4) is 0 Å². The molecule has 0 saturated carbocycles. The molecule has 0 bridgehead atoms. The molecule has 0 spiro atoms. The number of sulfonamides is 1. The van der Waals surface area contributed by atoms with Crippen molar-refractivity contribution in [3.63, 3.8) is 0 Å². The third-order valence-electron chi connectivity index (χ3n) is 5.17. The van der Waals surface area contributed by atoms with Crippen molar-refractivity contribution in [3.8, 4) is 0 Å². The number of halogens is 1. The number of ketones is 1. The maximum absolute atomic E-state index is 12.9. The highest BCUT2D eigenvalue weighted by Gasteiger charge is 2.45. The van der Waals surface area contributed by atoms with E-state index >= 15 is 0 Å². The molecule has 32 heavy (non-hydrogen) atoms. The van der Waals surface area contributed by atoms with Gasteiger partial charge in [-0.1, -0.05) is 23.7 Å². The van der Waals surface area contributed by atoms with Gasteiger partial charge in [0.05, 0.1) is 23.1 Å². The Bertz CT molecular complexity index is 1160. The maximum atomic E-state index is 12.9. The summed E-state index contributed by atoms with van der Waals surface area (Å²) in [6.07, 6.45) is 0. The number of rotatable bonds is 7. The SMILES string of the molecule is COCCN1C(=O)C(=O)/C(=C(\O)c2ccc(S(=O)(=O)N(C)C)cc2)C1c1ccc(Cl)cc1. The second kappa shape index (κ2) is 9.41. The highest BCUT2D eigenvalue weighted by Crippen LogP contribution is 2.39. The number of hydrogen-bond acceptors (Lipinski definition) is 6. The second-order valence-electron chi connectivity index (χ2n) is 7.35. The number of carbonyl (C=O) groups is 2. The van der Waals surface area contributed by atoms with Crippen LogP contribution in [-0.2, 0) is 24.3 Å². The Balaban J connectivity index is 2.11. The zero-order valence-electron chi connectivity index (χ0n) is 17.8. The maximum Gasteiger partial charge on any atom is 0.295 e. The van der Waals surface area contributed by atoms with Crippen LogP contribution in [0, 0.1) is 0 Å². The van der Waals surface area contributed by atoms with E-state index in [2.05, 4.69) is 0 Å². The summed E-state index contributed by atoms with van der Waals surface area (Å²) in [5, 5.41) is 11.5. The fraction of sp³-hybridized carbons (Fsp3) is 0.273. The van der Waals surface area contributed by atoms with Crippen LogP contribution in [-0.4, -0.2) is 68.8 Å². The summed E-state index contributed by atoms with van der Waals surface area (Å²) in [6.45, 7) is 0.347. The van der Waals surface area contributed by atoms with E-state index in [0.29, 0.717) is 10.6 Å². The molecular formula is C22H23ClN2O6S. The van der Waals surface area contributed by atoms with Crippen molar-refractivity contribution in [2.24, 2.45) is 0 Å². The molecular weight excluding hydrogens is 456 g/mol. The normalized spacial score (nSPS) is 18.5. The van der Waals surface area contributed by atoms with E-state index in [-0.39, 0.29) is 29.2 Å². The zero-order chi connectivity index (χ0) is 23.6. The summed E-state index contributed by atoms with van der Waals surface area (Å²) in [6, 6.07) is 11.2. The van der Waals surface area contributed by atoms with Crippen LogP contribution in [0.5, 0.6) is 0 Å². The molecule has 1 amide bonds. The Morgan fingerprint density at radius 3 is 2.22 bits per heavy atom. The van der Waals surface area contributed by atoms with E-state index in [9.17, 15) is 23.1 Å². The van der Waals surface area contributed by atoms with Crippen LogP contribution >= 0.6 is 11.6 Å². The molecule has 3 rings (SSSR count). The van der Waals surface area contributed by atoms with Gasteiger partial charge in [0.2, 0.25) is 10.0 Å². The average molecular weight is 479 g/mol. The predicted molar refractivity (Wildman–Crippen MR) is 120 cm³/mol. The van der Waals surface area contributed by atoms with Crippen LogP contribution in [0.4, 0.5) is 0 Å². The van der Waals surface area contributed by atoms with Gasteiger partial charge in [-0.05, 0) is 42.0 Å². The topological polar surface area (TPSA) is 104 Å². The summed E-state index contributed by atoms with van der Waals surface area (Å²) < 4.78 is 30.7. The van der Waals surface area contributed by atoms with Gasteiger partial charge < -0.3 is 14.7 Å². The fourth-order valence-corrected chi connectivity index (χ4v) is 4.47. The first-order chi connectivity index (χ1) is 15.1. The average Bonchev–Trinajstić information content (AvgIpc) is 3.02. The van der Waals surface area contributed by atoms with Crippen molar-refractivity contribution < 1.29 is 27.9 Å². The molecule has 10 heteroatoms. The van der Waals surface area contributed by atoms with Gasteiger partial charge in [0.1, 0.15) is 5.76 Å². The largest absolute Gasteiger partial charge is 0.507 e. The zero-order valence-corrected chi connectivity index (χ0v) is 19.4. The highest BCUT2D eigenvalue weighted by atomic mass is 35.5. The van der Waals surface area contributed by atoms with Crippen molar-refractivity contribution in [3.05, 3.63) is 70.3 Å². The molecule has 8 nitrogen and oxygen atoms in total. The van der Waals surface area contributed by atoms with E-state index < -0.39 is 33.5 Å². The minimum Gasteiger partial charge on any atom is -0.507 e. The summed E-state index contributed by atoms with van der Waals surface area (Å²) in [4.78, 5) is 27.0. The molecule has 170 valence electrons. The molecule has 1 atom stereocenters. The Morgan fingerprint density at radius 1 is 1.09 bits per heavy atom. The van der Waals surface area contributed by atoms with Crippen LogP contribution in [0.2, 0.25) is 5.02 Å². The lowest BCUT2D eigenvalue weighted by atomic mass is 9.95. The molecule has 0 aromatic heterocycles. The summed E-state index contributed by atoms with van der Waals surface area (Å²) in [5.41, 5.74) is 0.723. The number of likely N-dealkylation sites (tertiary alicyclic amines) is 1. The van der Waals surface area contributed by atoms with Crippen molar-refractivity contribution in [2.45, 2.75) is 10.9 Å². The number of nitrogens with zero attached hydrogens (tertiary/aromatic N) is 2. The predicted octanol–water partition coefficient (Wildman–Crippen LogP) is 2.66. The number of aliphatic hydroxyl groups is 1. The lowest BCUT2D eigenvalue weighted by molar-refractivity contribution is -0.140. The van der Waals surface area contributed by atoms with Gasteiger partial charge in [-0.2, -0.15) is 0 Å². The molecule has 1 saturated heterocycles. The van der Waals surface area contributed by atoms with E-state index in [1.165, 1.54) is 50.4 Å². The Kier molecular flexibility index (Phi) is 7.04. The summed E-state index contributed by atoms with van der Waals surface area (Å²) in [5.74, 6) is -1.98. The van der Waals surface area contributed by atoms with Crippen LogP contribution < -0.4 is 0 Å². The van der Waals surface area contributed by atoms with Crippen molar-refractivity contribution in [2.75, 3.05) is 34.4 Å². The van der Waals surface area contributed by atoms with Crippen LogP contribution in [0.25, 0.3) is 5.76 Å². The quantitative estimate of drug-likeness (QED) is 0.372. The number of carbonyl (C=O) groups excluding carboxylic acids is 2. The van der Waals surface area contributed by atoms with Gasteiger partial charge in [-0.15, -0.1) is 0 Å². The number of amides is 1. The summed E-state index contributed by atoms with van der Waals surface area (Å²) >= 11 is 5.98. The van der Waals surface area contributed by atoms with E-state index in [4.69, 9.17) is 16.3 Å². The molecule has 0 radical (unpaired) electrons. The Morgan fingerprint density at radius 2 is 1.69 bits per heavy atom. The van der Waals surface area contributed by atoms with Gasteiger partial charge in [0.15, 0.2) is 0 Å². The van der Waals surface area contributed by atoms with Crippen molar-refractivity contribution in [1.29, 1.82) is 0 Å². The number of ether oxygens (including phenoxy) is 1. The monoisotopic (exact) mass is 478 g/mol. The molecule has 2 aromatic carbocycles. The van der Waals surface area contributed by atoms with Gasteiger partial charge in [-0.25, -0.2) is 12.7 Å². The lowest BCUT2D eigenvalue weighted by Crippen LogP contribution is -2.32. The molecule has 1 N–H and O–H groups in total. The van der Waals surface area contributed by atoms with Crippen molar-refractivity contribution in [1.82, 2.24) is 9.21 Å². The molecule has 0 aliphatic carbocycles. The van der Waals surface area contributed by atoms with E-state index in [1.807, 2.05) is 0 Å². The van der Waals surface area contributed by atoms with Crippen LogP contribution in [0.1, 0.15) is 17.2 Å². The van der Waals surface area contributed by atoms with Gasteiger partial charge in [0, 0.05) is 38.3 Å². The lowest BCUT2D eigenvalue weighted by Gasteiger charge is -2.25. The van der Waals surface area contributed by atoms with Crippen LogP contribution in [0.15, 0.2) is 59.0 Å². The molecule has 1 fully saturated rings. The van der Waals surface area contributed by atoms with E-state index in [0.717, 1.165) is 4.31 Å². The molecule has 1 aliphatic rings. The Labute approximate surface area is 191 Å². The number of benzene rings is 2. The molecule has 1 aliphatic heterocycles. The first-order valence-corrected chi connectivity index (χ1v) is 11.5.